The molecule has 2 N–H and O–H groups in total. The Labute approximate surface area is 146 Å². The van der Waals surface area contributed by atoms with Crippen LogP contribution in [-0.4, -0.2) is 39.2 Å². The van der Waals surface area contributed by atoms with Crippen LogP contribution in [0.2, 0.25) is 0 Å². The number of ether oxygens (including phenoxy) is 1. The number of H-pyrrole nitrogens is 1. The first-order valence-corrected chi connectivity index (χ1v) is 8.26. The number of methoxy groups -OCH3 is 1. The van der Waals surface area contributed by atoms with Gasteiger partial charge < -0.3 is 14.8 Å². The number of aromatic hydroxyl groups is 1. The third-order valence-corrected chi connectivity index (χ3v) is 4.86. The summed E-state index contributed by atoms with van der Waals surface area (Å²) >= 11 is 0.943. The molecular weight excluding hydrogens is 346 g/mol. The lowest BCUT2D eigenvalue weighted by atomic mass is 10.3. The fourth-order valence-electron chi connectivity index (χ4n) is 2.39. The molecule has 3 rings (SSSR count). The number of hydrogen-bond acceptors (Lipinski definition) is 7. The molecule has 8 nitrogen and oxygen atoms in total. The monoisotopic (exact) mass is 361 g/mol. The van der Waals surface area contributed by atoms with Crippen molar-refractivity contribution in [1.82, 2.24) is 9.97 Å². The summed E-state index contributed by atoms with van der Waals surface area (Å²) in [5.41, 5.74) is 0.0592. The maximum atomic E-state index is 12.6. The van der Waals surface area contributed by atoms with E-state index in [9.17, 15) is 19.5 Å². The molecule has 0 unspecified atom stereocenters. The molecule has 1 aromatic carbocycles. The van der Waals surface area contributed by atoms with Crippen molar-refractivity contribution in [1.29, 1.82) is 0 Å². The Hall–Kier alpha value is -2.81. The van der Waals surface area contributed by atoms with Gasteiger partial charge in [0.05, 0.1) is 18.4 Å². The van der Waals surface area contributed by atoms with Crippen molar-refractivity contribution in [2.24, 2.45) is 0 Å². The van der Waals surface area contributed by atoms with Gasteiger partial charge in [0.15, 0.2) is 5.16 Å². The second-order valence-electron chi connectivity index (χ2n) is 5.40. The first kappa shape index (κ1) is 17.0. The molecule has 1 fully saturated rings. The van der Waals surface area contributed by atoms with Crippen LogP contribution in [0.15, 0.2) is 34.2 Å². The van der Waals surface area contributed by atoms with Gasteiger partial charge in [0, 0.05) is 6.42 Å². The molecule has 2 heterocycles. The summed E-state index contributed by atoms with van der Waals surface area (Å²) < 4.78 is 5.06. The van der Waals surface area contributed by atoms with Crippen molar-refractivity contribution in [2.75, 3.05) is 12.0 Å². The number of carbonyl (C=O) groups is 2. The highest BCUT2D eigenvalue weighted by atomic mass is 32.2. The third-order valence-electron chi connectivity index (χ3n) is 3.79. The highest BCUT2D eigenvalue weighted by Crippen LogP contribution is 2.33. The van der Waals surface area contributed by atoms with Crippen LogP contribution in [0.3, 0.4) is 0 Å². The zero-order chi connectivity index (χ0) is 18.1. The maximum absolute atomic E-state index is 12.6. The van der Waals surface area contributed by atoms with Crippen LogP contribution in [0.4, 0.5) is 5.69 Å². The van der Waals surface area contributed by atoms with Crippen LogP contribution < -0.4 is 15.2 Å². The Balaban J connectivity index is 1.82. The van der Waals surface area contributed by atoms with Crippen LogP contribution in [0.1, 0.15) is 12.0 Å². The van der Waals surface area contributed by atoms with E-state index in [1.165, 1.54) is 14.0 Å². The van der Waals surface area contributed by atoms with Gasteiger partial charge >= 0.3 is 0 Å². The summed E-state index contributed by atoms with van der Waals surface area (Å²) in [6, 6.07) is 6.57. The minimum Gasteiger partial charge on any atom is -0.497 e. The molecule has 0 aliphatic carbocycles. The zero-order valence-corrected chi connectivity index (χ0v) is 14.3. The first-order valence-electron chi connectivity index (χ1n) is 7.38. The van der Waals surface area contributed by atoms with Crippen molar-refractivity contribution < 1.29 is 19.4 Å². The highest BCUT2D eigenvalue weighted by molar-refractivity contribution is 8.00. The topological polar surface area (TPSA) is 113 Å². The molecule has 9 heteroatoms. The van der Waals surface area contributed by atoms with Gasteiger partial charge in [0.2, 0.25) is 17.7 Å². The molecule has 1 aliphatic heterocycles. The Morgan fingerprint density at radius 3 is 2.56 bits per heavy atom. The maximum Gasteiger partial charge on any atom is 0.258 e. The van der Waals surface area contributed by atoms with Crippen LogP contribution in [0.25, 0.3) is 0 Å². The van der Waals surface area contributed by atoms with Gasteiger partial charge in [0.1, 0.15) is 11.0 Å². The van der Waals surface area contributed by atoms with Gasteiger partial charge in [-0.2, -0.15) is 4.98 Å². The molecular formula is C16H15N3O5S. The van der Waals surface area contributed by atoms with Crippen molar-refractivity contribution in [3.05, 3.63) is 40.2 Å². The van der Waals surface area contributed by atoms with E-state index in [-0.39, 0.29) is 23.0 Å². The van der Waals surface area contributed by atoms with Gasteiger partial charge in [-0.1, -0.05) is 11.8 Å². The van der Waals surface area contributed by atoms with Gasteiger partial charge in [-0.15, -0.1) is 0 Å². The number of imide groups is 1. The van der Waals surface area contributed by atoms with E-state index in [1.54, 1.807) is 24.3 Å². The predicted octanol–water partition coefficient (Wildman–Crippen LogP) is 1.22. The van der Waals surface area contributed by atoms with Crippen LogP contribution in [0.5, 0.6) is 11.6 Å². The molecule has 25 heavy (non-hydrogen) atoms. The fourth-order valence-corrected chi connectivity index (χ4v) is 3.38. The normalized spacial score (nSPS) is 17.2. The first-order chi connectivity index (χ1) is 11.9. The number of nitrogens with one attached hydrogen (secondary N) is 1. The Morgan fingerprint density at radius 2 is 1.96 bits per heavy atom. The zero-order valence-electron chi connectivity index (χ0n) is 13.5. The number of thioether (sulfide) groups is 1. The SMILES string of the molecule is COc1ccc(N2C(=O)C[C@@H](Sc3nc(O)c(C)c(=O)[nH]3)C2=O)cc1. The fraction of sp³-hybridized carbons (Fsp3) is 0.250. The summed E-state index contributed by atoms with van der Waals surface area (Å²) in [5, 5.41) is 9.00. The van der Waals surface area contributed by atoms with Crippen LogP contribution >= 0.6 is 11.8 Å². The minimum atomic E-state index is -0.722. The average molecular weight is 361 g/mol. The third kappa shape index (κ3) is 3.22. The number of aromatic nitrogens is 2. The van der Waals surface area contributed by atoms with Gasteiger partial charge in [0.25, 0.3) is 5.56 Å². The number of benzene rings is 1. The molecule has 1 atom stereocenters. The molecule has 1 aliphatic rings. The summed E-state index contributed by atoms with van der Waals surface area (Å²) in [6.45, 7) is 1.44. The number of carbonyl (C=O) groups excluding carboxylic acids is 2. The summed E-state index contributed by atoms with van der Waals surface area (Å²) in [4.78, 5) is 43.9. The highest BCUT2D eigenvalue weighted by Gasteiger charge is 2.40. The lowest BCUT2D eigenvalue weighted by Gasteiger charge is -2.15. The number of aromatic amines is 1. The van der Waals surface area contributed by atoms with Crippen molar-refractivity contribution in [3.8, 4) is 11.6 Å². The minimum absolute atomic E-state index is 0.0200. The van der Waals surface area contributed by atoms with Gasteiger partial charge in [-0.05, 0) is 31.2 Å². The molecule has 0 spiro atoms. The van der Waals surface area contributed by atoms with Crippen LogP contribution in [0, 0.1) is 6.92 Å². The van der Waals surface area contributed by atoms with E-state index in [4.69, 9.17) is 4.74 Å². The van der Waals surface area contributed by atoms with E-state index < -0.39 is 22.6 Å². The van der Waals surface area contributed by atoms with E-state index in [2.05, 4.69) is 9.97 Å². The number of hydrogen-bond donors (Lipinski definition) is 2. The number of nitrogens with zero attached hydrogens (tertiary/aromatic N) is 2. The standard InChI is InChI=1S/C16H15N3O5S/c1-8-13(21)17-16(18-14(8)22)25-11-7-12(20)19(15(11)23)9-3-5-10(24-2)6-4-9/h3-6,11H,7H2,1-2H3,(H2,17,18,21,22)/t11-/m1/s1. The Bertz CT molecular complexity index is 894. The lowest BCUT2D eigenvalue weighted by Crippen LogP contribution is -2.31. The molecule has 130 valence electrons. The van der Waals surface area contributed by atoms with Crippen molar-refractivity contribution in [2.45, 2.75) is 23.8 Å². The molecule has 0 radical (unpaired) electrons. The molecule has 0 bridgehead atoms. The lowest BCUT2D eigenvalue weighted by molar-refractivity contribution is -0.121. The van der Waals surface area contributed by atoms with Gasteiger partial charge in [-0.3, -0.25) is 14.4 Å². The molecule has 2 aromatic rings. The summed E-state index contributed by atoms with van der Waals surface area (Å²) in [6.07, 6.45) is -0.0200. The Morgan fingerprint density at radius 1 is 1.28 bits per heavy atom. The predicted molar refractivity (Wildman–Crippen MR) is 91.0 cm³/mol. The number of amides is 2. The Kier molecular flexibility index (Phi) is 4.49. The molecule has 1 saturated heterocycles. The van der Waals surface area contributed by atoms with E-state index in [1.807, 2.05) is 0 Å². The molecule has 1 aromatic heterocycles. The van der Waals surface area contributed by atoms with Crippen LogP contribution in [-0.2, 0) is 9.59 Å². The average Bonchev–Trinajstić information content (AvgIpc) is 2.86. The van der Waals surface area contributed by atoms with E-state index in [0.717, 1.165) is 16.7 Å². The quantitative estimate of drug-likeness (QED) is 0.622. The second kappa shape index (κ2) is 6.60. The van der Waals surface area contributed by atoms with Crippen molar-refractivity contribution in [3.63, 3.8) is 0 Å². The van der Waals surface area contributed by atoms with Crippen molar-refractivity contribution >= 4 is 29.3 Å². The second-order valence-corrected chi connectivity index (χ2v) is 6.59. The van der Waals surface area contributed by atoms with E-state index in [0.29, 0.717) is 11.4 Å². The largest absolute Gasteiger partial charge is 0.497 e. The summed E-state index contributed by atoms with van der Waals surface area (Å²) in [5.74, 6) is -0.519. The van der Waals surface area contributed by atoms with E-state index >= 15 is 0 Å². The molecule has 0 saturated carbocycles. The summed E-state index contributed by atoms with van der Waals surface area (Å²) in [7, 11) is 1.53. The number of anilines is 1. The molecule has 2 amide bonds. The number of rotatable bonds is 4. The smallest absolute Gasteiger partial charge is 0.258 e. The van der Waals surface area contributed by atoms with Gasteiger partial charge in [-0.25, -0.2) is 4.90 Å².